The van der Waals surface area contributed by atoms with Crippen molar-refractivity contribution >= 4 is 44.7 Å². The van der Waals surface area contributed by atoms with Crippen LogP contribution < -0.4 is 16.3 Å². The molecule has 8 nitrogen and oxygen atoms in total. The van der Waals surface area contributed by atoms with Crippen LogP contribution in [0.25, 0.3) is 10.8 Å². The molecule has 2 amide bonds. The van der Waals surface area contributed by atoms with Crippen LogP contribution in [0.2, 0.25) is 0 Å². The molecule has 1 unspecified atom stereocenters. The van der Waals surface area contributed by atoms with Gasteiger partial charge in [-0.2, -0.15) is 10.2 Å². The molecule has 4 aromatic rings. The van der Waals surface area contributed by atoms with Crippen LogP contribution in [0.3, 0.4) is 0 Å². The maximum atomic E-state index is 13.4. The smallest absolute Gasteiger partial charge is 0.272 e. The summed E-state index contributed by atoms with van der Waals surface area (Å²) in [6.07, 6.45) is 1.33. The van der Waals surface area contributed by atoms with E-state index >= 15 is 0 Å². The van der Waals surface area contributed by atoms with Gasteiger partial charge in [-0.05, 0) is 51.8 Å². The first-order chi connectivity index (χ1) is 16.4. The van der Waals surface area contributed by atoms with E-state index in [2.05, 4.69) is 42.0 Å². The molecule has 1 heterocycles. The fourth-order valence-corrected chi connectivity index (χ4v) is 3.64. The Labute approximate surface area is 201 Å². The van der Waals surface area contributed by atoms with E-state index in [9.17, 15) is 18.8 Å². The fourth-order valence-electron chi connectivity index (χ4n) is 3.25. The van der Waals surface area contributed by atoms with Gasteiger partial charge in [-0.15, -0.1) is 0 Å². The first-order valence-corrected chi connectivity index (χ1v) is 10.8. The molecule has 34 heavy (non-hydrogen) atoms. The molecule has 10 heteroatoms. The van der Waals surface area contributed by atoms with Gasteiger partial charge in [-0.3, -0.25) is 14.4 Å². The zero-order chi connectivity index (χ0) is 24.1. The number of hydrazone groups is 1. The second-order valence-electron chi connectivity index (χ2n) is 7.16. The molecule has 0 aliphatic rings. The minimum Gasteiger partial charge on any atom is -0.335 e. The lowest BCUT2D eigenvalue weighted by atomic mass is 10.0. The van der Waals surface area contributed by atoms with Crippen molar-refractivity contribution < 1.29 is 14.0 Å². The molecule has 0 spiro atoms. The van der Waals surface area contributed by atoms with E-state index in [0.29, 0.717) is 21.9 Å². The molecule has 1 atom stereocenters. The summed E-state index contributed by atoms with van der Waals surface area (Å²) >= 11 is 3.09. The summed E-state index contributed by atoms with van der Waals surface area (Å²) in [6, 6.07) is 18.0. The van der Waals surface area contributed by atoms with Crippen LogP contribution in [0.4, 0.5) is 4.39 Å². The number of carbonyl (C=O) groups excluding carboxylic acids is 2. The average molecular weight is 522 g/mol. The number of hydrogen-bond acceptors (Lipinski definition) is 5. The van der Waals surface area contributed by atoms with E-state index in [-0.39, 0.29) is 10.2 Å². The van der Waals surface area contributed by atoms with Crippen LogP contribution in [0.15, 0.2) is 87.2 Å². The molecule has 170 valence electrons. The van der Waals surface area contributed by atoms with Crippen molar-refractivity contribution in [3.8, 4) is 0 Å². The minimum absolute atomic E-state index is 0.150. The monoisotopic (exact) mass is 521 g/mol. The Hall–Kier alpha value is -4.18. The lowest BCUT2D eigenvalue weighted by Crippen LogP contribution is -2.40. The van der Waals surface area contributed by atoms with E-state index in [1.165, 1.54) is 24.4 Å². The van der Waals surface area contributed by atoms with Gasteiger partial charge in [-0.1, -0.05) is 42.5 Å². The Kier molecular flexibility index (Phi) is 6.88. The number of carbonyl (C=O) groups is 2. The van der Waals surface area contributed by atoms with Crippen molar-refractivity contribution in [1.29, 1.82) is 0 Å². The van der Waals surface area contributed by atoms with Crippen molar-refractivity contribution in [3.05, 3.63) is 110 Å². The maximum Gasteiger partial charge on any atom is 0.272 e. The molecular formula is C24H17BrFN5O3. The van der Waals surface area contributed by atoms with Crippen molar-refractivity contribution in [1.82, 2.24) is 20.9 Å². The lowest BCUT2D eigenvalue weighted by Gasteiger charge is -2.18. The van der Waals surface area contributed by atoms with E-state index in [0.717, 1.165) is 0 Å². The summed E-state index contributed by atoms with van der Waals surface area (Å²) in [7, 11) is 0. The lowest BCUT2D eigenvalue weighted by molar-refractivity contribution is -0.123. The van der Waals surface area contributed by atoms with E-state index in [1.807, 2.05) is 0 Å². The largest absolute Gasteiger partial charge is 0.335 e. The van der Waals surface area contributed by atoms with Gasteiger partial charge in [0.25, 0.3) is 17.4 Å². The third kappa shape index (κ3) is 5.07. The Bertz CT molecular complexity index is 1460. The van der Waals surface area contributed by atoms with Crippen LogP contribution in [0.5, 0.6) is 0 Å². The first-order valence-electron chi connectivity index (χ1n) is 10.1. The Morgan fingerprint density at radius 1 is 1.03 bits per heavy atom. The number of aromatic amines is 1. The summed E-state index contributed by atoms with van der Waals surface area (Å²) < 4.78 is 13.7. The van der Waals surface area contributed by atoms with Crippen LogP contribution in [-0.4, -0.2) is 28.2 Å². The number of benzene rings is 3. The topological polar surface area (TPSA) is 116 Å². The molecule has 1 aromatic heterocycles. The predicted molar refractivity (Wildman–Crippen MR) is 129 cm³/mol. The second kappa shape index (κ2) is 10.2. The molecule has 0 saturated carbocycles. The number of nitrogens with zero attached hydrogens (tertiary/aromatic N) is 2. The number of aromatic nitrogens is 2. The normalized spacial score (nSPS) is 11.9. The minimum atomic E-state index is -1.27. The molecule has 0 aliphatic heterocycles. The van der Waals surface area contributed by atoms with Gasteiger partial charge >= 0.3 is 0 Å². The quantitative estimate of drug-likeness (QED) is 0.266. The highest BCUT2D eigenvalue weighted by Gasteiger charge is 2.27. The SMILES string of the molecule is O=C(NC(C(=O)N/N=C\c1ccc(F)c(Br)c1)c1n[nH]c(=O)c2ccccc12)c1ccccc1. The molecule has 3 N–H and O–H groups in total. The zero-order valence-corrected chi connectivity index (χ0v) is 19.0. The average Bonchev–Trinajstić information content (AvgIpc) is 2.86. The molecule has 3 aromatic carbocycles. The van der Waals surface area contributed by atoms with Gasteiger partial charge in [-0.25, -0.2) is 14.9 Å². The van der Waals surface area contributed by atoms with Gasteiger partial charge in [0, 0.05) is 10.9 Å². The van der Waals surface area contributed by atoms with Crippen LogP contribution >= 0.6 is 15.9 Å². The zero-order valence-electron chi connectivity index (χ0n) is 17.5. The van der Waals surface area contributed by atoms with Gasteiger partial charge < -0.3 is 5.32 Å². The fraction of sp³-hybridized carbons (Fsp3) is 0.0417. The van der Waals surface area contributed by atoms with E-state index in [4.69, 9.17) is 0 Å². The Morgan fingerprint density at radius 3 is 2.47 bits per heavy atom. The van der Waals surface area contributed by atoms with Gasteiger partial charge in [0.15, 0.2) is 6.04 Å². The third-order valence-corrected chi connectivity index (χ3v) is 5.51. The Balaban J connectivity index is 1.66. The van der Waals surface area contributed by atoms with Crippen LogP contribution in [0.1, 0.15) is 27.7 Å². The van der Waals surface area contributed by atoms with Gasteiger partial charge in [0.1, 0.15) is 11.5 Å². The highest BCUT2D eigenvalue weighted by molar-refractivity contribution is 9.10. The summed E-state index contributed by atoms with van der Waals surface area (Å²) in [5, 5.41) is 13.7. The molecule has 0 radical (unpaired) electrons. The molecule has 0 saturated heterocycles. The van der Waals surface area contributed by atoms with E-state index in [1.54, 1.807) is 54.6 Å². The number of nitrogens with one attached hydrogen (secondary N) is 3. The van der Waals surface area contributed by atoms with Crippen molar-refractivity contribution in [2.24, 2.45) is 5.10 Å². The van der Waals surface area contributed by atoms with Crippen LogP contribution in [-0.2, 0) is 4.79 Å². The maximum absolute atomic E-state index is 13.4. The molecule has 0 aliphatic carbocycles. The summed E-state index contributed by atoms with van der Waals surface area (Å²) in [5.74, 6) is -1.63. The Morgan fingerprint density at radius 2 is 1.74 bits per heavy atom. The number of rotatable bonds is 6. The highest BCUT2D eigenvalue weighted by Crippen LogP contribution is 2.20. The molecule has 0 fully saturated rings. The standard InChI is InChI=1S/C24H17BrFN5O3/c25-18-12-14(10-11-19(18)26)13-27-30-24(34)21(28-22(32)15-6-2-1-3-7-15)20-16-8-4-5-9-17(16)23(33)31-29-20/h1-13,21H,(H,28,32)(H,30,34)(H,31,33)/b27-13-. The predicted octanol–water partition coefficient (Wildman–Crippen LogP) is 3.45. The molecule has 4 rings (SSSR count). The second-order valence-corrected chi connectivity index (χ2v) is 8.02. The summed E-state index contributed by atoms with van der Waals surface area (Å²) in [6.45, 7) is 0. The van der Waals surface area contributed by atoms with Crippen molar-refractivity contribution in [2.75, 3.05) is 0 Å². The molecular weight excluding hydrogens is 505 g/mol. The van der Waals surface area contributed by atoms with Gasteiger partial charge in [0.2, 0.25) is 0 Å². The number of H-pyrrole nitrogens is 1. The van der Waals surface area contributed by atoms with Crippen molar-refractivity contribution in [3.63, 3.8) is 0 Å². The molecule has 0 bridgehead atoms. The summed E-state index contributed by atoms with van der Waals surface area (Å²) in [5.41, 5.74) is 2.98. The highest BCUT2D eigenvalue weighted by atomic mass is 79.9. The first kappa shape index (κ1) is 23.0. The third-order valence-electron chi connectivity index (χ3n) is 4.90. The number of amides is 2. The van der Waals surface area contributed by atoms with Crippen molar-refractivity contribution in [2.45, 2.75) is 6.04 Å². The van der Waals surface area contributed by atoms with Gasteiger partial charge in [0.05, 0.1) is 16.1 Å². The number of hydrogen-bond donors (Lipinski definition) is 3. The number of halogens is 2. The van der Waals surface area contributed by atoms with Crippen LogP contribution in [0, 0.1) is 5.82 Å². The number of fused-ring (bicyclic) bond motifs is 1. The summed E-state index contributed by atoms with van der Waals surface area (Å²) in [4.78, 5) is 38.1. The van der Waals surface area contributed by atoms with E-state index < -0.39 is 29.2 Å².